The molecular weight excluding hydrogens is 382 g/mol. The lowest BCUT2D eigenvalue weighted by Crippen LogP contribution is -2.47. The molecule has 1 N–H and O–H groups in total. The van der Waals surface area contributed by atoms with E-state index in [2.05, 4.69) is 49.2 Å². The minimum atomic E-state index is 0.00265. The van der Waals surface area contributed by atoms with Gasteiger partial charge in [0.05, 0.1) is 32.1 Å². The number of hydrogen-bond donors (Lipinski definition) is 1. The quantitative estimate of drug-likeness (QED) is 0.596. The summed E-state index contributed by atoms with van der Waals surface area (Å²) in [4.78, 5) is 13.6. The Morgan fingerprint density at radius 3 is 2.77 bits per heavy atom. The fourth-order valence-electron chi connectivity index (χ4n) is 3.90. The van der Waals surface area contributed by atoms with E-state index in [1.165, 1.54) is 0 Å². The normalized spacial score (nSPS) is 23.0. The molecule has 0 saturated carbocycles. The van der Waals surface area contributed by atoms with Crippen LogP contribution in [0.3, 0.4) is 0 Å². The first-order chi connectivity index (χ1) is 14.6. The largest absolute Gasteiger partial charge is 0.375 e. The Morgan fingerprint density at radius 1 is 1.20 bits per heavy atom. The zero-order valence-electron chi connectivity index (χ0n) is 18.0. The van der Waals surface area contributed by atoms with Crippen molar-refractivity contribution in [2.45, 2.75) is 25.7 Å². The standard InChI is InChI=1S/C21H31N7O2/c1-16-13-27(6-8-29-16)20-5-4-17(10-23-20)11-24-21(22-2)28-7-9-30-19(15-28)18-12-25-26(3)14-18/h4-5,10,12,14,16,19H,6-9,11,13,15H2,1-3H3,(H,22,24). The fourth-order valence-corrected chi connectivity index (χ4v) is 3.90. The van der Waals surface area contributed by atoms with Crippen LogP contribution < -0.4 is 10.2 Å². The van der Waals surface area contributed by atoms with Crippen molar-refractivity contribution in [1.82, 2.24) is 25.0 Å². The molecular formula is C21H31N7O2. The summed E-state index contributed by atoms with van der Waals surface area (Å²) in [6.07, 6.45) is 6.06. The van der Waals surface area contributed by atoms with E-state index in [0.29, 0.717) is 13.2 Å². The van der Waals surface area contributed by atoms with Gasteiger partial charge in [0.2, 0.25) is 0 Å². The predicted octanol–water partition coefficient (Wildman–Crippen LogP) is 1.19. The maximum atomic E-state index is 5.94. The van der Waals surface area contributed by atoms with Crippen molar-refractivity contribution in [1.29, 1.82) is 0 Å². The summed E-state index contributed by atoms with van der Waals surface area (Å²) in [5, 5.41) is 7.72. The Balaban J connectivity index is 1.33. The molecule has 0 aliphatic carbocycles. The number of nitrogens with one attached hydrogen (secondary N) is 1. The van der Waals surface area contributed by atoms with Gasteiger partial charge in [0, 0.05) is 58.2 Å². The molecule has 0 spiro atoms. The second kappa shape index (κ2) is 9.44. The molecule has 4 heterocycles. The highest BCUT2D eigenvalue weighted by Crippen LogP contribution is 2.21. The van der Waals surface area contributed by atoms with E-state index in [4.69, 9.17) is 9.47 Å². The predicted molar refractivity (Wildman–Crippen MR) is 116 cm³/mol. The molecule has 0 amide bonds. The summed E-state index contributed by atoms with van der Waals surface area (Å²) in [5.41, 5.74) is 2.22. The molecule has 9 heteroatoms. The van der Waals surface area contributed by atoms with Gasteiger partial charge in [-0.05, 0) is 18.6 Å². The highest BCUT2D eigenvalue weighted by atomic mass is 16.5. The molecule has 162 valence electrons. The third-order valence-electron chi connectivity index (χ3n) is 5.50. The zero-order chi connectivity index (χ0) is 20.9. The molecule has 0 bridgehead atoms. The summed E-state index contributed by atoms with van der Waals surface area (Å²) in [6.45, 7) is 7.51. The number of ether oxygens (including phenoxy) is 2. The van der Waals surface area contributed by atoms with Gasteiger partial charge < -0.3 is 24.6 Å². The lowest BCUT2D eigenvalue weighted by atomic mass is 10.1. The number of aryl methyl sites for hydroxylation is 1. The average Bonchev–Trinajstić information content (AvgIpc) is 3.21. The second-order valence-corrected chi connectivity index (χ2v) is 7.81. The lowest BCUT2D eigenvalue weighted by molar-refractivity contribution is -0.00805. The highest BCUT2D eigenvalue weighted by molar-refractivity contribution is 5.80. The van der Waals surface area contributed by atoms with Crippen LogP contribution >= 0.6 is 0 Å². The summed E-state index contributed by atoms with van der Waals surface area (Å²) >= 11 is 0. The van der Waals surface area contributed by atoms with Gasteiger partial charge in [-0.3, -0.25) is 9.67 Å². The van der Waals surface area contributed by atoms with Crippen LogP contribution in [0.1, 0.15) is 24.2 Å². The highest BCUT2D eigenvalue weighted by Gasteiger charge is 2.25. The van der Waals surface area contributed by atoms with E-state index in [1.54, 1.807) is 4.68 Å². The van der Waals surface area contributed by atoms with Crippen molar-refractivity contribution in [3.63, 3.8) is 0 Å². The number of morpholine rings is 2. The number of aliphatic imine (C=N–C) groups is 1. The number of pyridine rings is 1. The van der Waals surface area contributed by atoms with Crippen molar-refractivity contribution >= 4 is 11.8 Å². The van der Waals surface area contributed by atoms with Crippen molar-refractivity contribution in [2.75, 3.05) is 51.3 Å². The minimum absolute atomic E-state index is 0.00265. The molecule has 30 heavy (non-hydrogen) atoms. The van der Waals surface area contributed by atoms with Crippen molar-refractivity contribution in [2.24, 2.45) is 12.0 Å². The average molecular weight is 414 g/mol. The molecule has 0 radical (unpaired) electrons. The van der Waals surface area contributed by atoms with Crippen molar-refractivity contribution in [3.05, 3.63) is 41.9 Å². The van der Waals surface area contributed by atoms with E-state index >= 15 is 0 Å². The zero-order valence-corrected chi connectivity index (χ0v) is 18.0. The van der Waals surface area contributed by atoms with E-state index in [9.17, 15) is 0 Å². The van der Waals surface area contributed by atoms with Crippen molar-refractivity contribution < 1.29 is 9.47 Å². The van der Waals surface area contributed by atoms with Crippen LogP contribution in [0.2, 0.25) is 0 Å². The van der Waals surface area contributed by atoms with Crippen LogP contribution in [0.15, 0.2) is 35.7 Å². The molecule has 9 nitrogen and oxygen atoms in total. The monoisotopic (exact) mass is 413 g/mol. The molecule has 2 aromatic rings. The summed E-state index contributed by atoms with van der Waals surface area (Å²) in [6, 6.07) is 4.21. The molecule has 2 unspecified atom stereocenters. The third-order valence-corrected chi connectivity index (χ3v) is 5.50. The third kappa shape index (κ3) is 4.91. The number of rotatable bonds is 4. The Hall–Kier alpha value is -2.65. The first-order valence-corrected chi connectivity index (χ1v) is 10.5. The Kier molecular flexibility index (Phi) is 6.49. The van der Waals surface area contributed by atoms with Crippen LogP contribution in [-0.4, -0.2) is 78.2 Å². The van der Waals surface area contributed by atoms with Crippen LogP contribution in [0, 0.1) is 0 Å². The van der Waals surface area contributed by atoms with Gasteiger partial charge in [-0.15, -0.1) is 0 Å². The Morgan fingerprint density at radius 2 is 2.07 bits per heavy atom. The molecule has 2 atom stereocenters. The SMILES string of the molecule is CN=C(NCc1ccc(N2CCOC(C)C2)nc1)N1CCOC(c2cnn(C)c2)C1. The maximum absolute atomic E-state index is 5.94. The van der Waals surface area contributed by atoms with Crippen molar-refractivity contribution in [3.8, 4) is 0 Å². The van der Waals surface area contributed by atoms with Gasteiger partial charge in [-0.1, -0.05) is 6.07 Å². The first kappa shape index (κ1) is 20.6. The van der Waals surface area contributed by atoms with Crippen LogP contribution in [0.5, 0.6) is 0 Å². The summed E-state index contributed by atoms with van der Waals surface area (Å²) in [5.74, 6) is 1.88. The van der Waals surface area contributed by atoms with E-state index in [-0.39, 0.29) is 12.2 Å². The van der Waals surface area contributed by atoms with Gasteiger partial charge >= 0.3 is 0 Å². The van der Waals surface area contributed by atoms with Crippen LogP contribution in [0.25, 0.3) is 0 Å². The van der Waals surface area contributed by atoms with Gasteiger partial charge in [0.15, 0.2) is 5.96 Å². The molecule has 2 aromatic heterocycles. The van der Waals surface area contributed by atoms with Crippen LogP contribution in [-0.2, 0) is 23.1 Å². The van der Waals surface area contributed by atoms with E-state index in [0.717, 1.165) is 55.7 Å². The van der Waals surface area contributed by atoms with Gasteiger partial charge in [0.1, 0.15) is 11.9 Å². The Labute approximate surface area is 177 Å². The number of hydrogen-bond acceptors (Lipinski definition) is 6. The molecule has 2 aliphatic heterocycles. The molecule has 2 saturated heterocycles. The topological polar surface area (TPSA) is 80.0 Å². The second-order valence-electron chi connectivity index (χ2n) is 7.81. The smallest absolute Gasteiger partial charge is 0.194 e. The van der Waals surface area contributed by atoms with Gasteiger partial charge in [-0.25, -0.2) is 4.98 Å². The first-order valence-electron chi connectivity index (χ1n) is 10.5. The number of anilines is 1. The summed E-state index contributed by atoms with van der Waals surface area (Å²) in [7, 11) is 3.74. The lowest BCUT2D eigenvalue weighted by Gasteiger charge is -2.34. The fraction of sp³-hybridized carbons (Fsp3) is 0.571. The molecule has 0 aromatic carbocycles. The maximum Gasteiger partial charge on any atom is 0.194 e. The van der Waals surface area contributed by atoms with Gasteiger partial charge in [-0.2, -0.15) is 5.10 Å². The molecule has 4 rings (SSSR count). The molecule has 2 aliphatic rings. The Bertz CT molecular complexity index is 851. The van der Waals surface area contributed by atoms with Crippen LogP contribution in [0.4, 0.5) is 5.82 Å². The number of aromatic nitrogens is 3. The van der Waals surface area contributed by atoms with E-state index in [1.807, 2.05) is 32.7 Å². The van der Waals surface area contributed by atoms with Gasteiger partial charge in [0.25, 0.3) is 0 Å². The molecule has 2 fully saturated rings. The summed E-state index contributed by atoms with van der Waals surface area (Å²) < 4.78 is 13.4. The number of nitrogens with zero attached hydrogens (tertiary/aromatic N) is 6. The number of guanidine groups is 1. The minimum Gasteiger partial charge on any atom is -0.375 e. The van der Waals surface area contributed by atoms with E-state index < -0.39 is 0 Å².